The van der Waals surface area contributed by atoms with Crippen LogP contribution in [0.2, 0.25) is 0 Å². The number of rotatable bonds is 12. The monoisotopic (exact) mass is 460 g/mol. The fourth-order valence-corrected chi connectivity index (χ4v) is 3.81. The molecule has 0 aliphatic rings. The van der Waals surface area contributed by atoms with Crippen LogP contribution >= 0.6 is 0 Å². The Morgan fingerprint density at radius 1 is 0.941 bits per heavy atom. The molecule has 3 aromatic rings. The largest absolute Gasteiger partial charge is 0.493 e. The second-order valence-corrected chi connectivity index (χ2v) is 8.79. The lowest BCUT2D eigenvalue weighted by molar-refractivity contribution is -0.0797. The van der Waals surface area contributed by atoms with Gasteiger partial charge in [-0.25, -0.2) is 0 Å². The third-order valence-electron chi connectivity index (χ3n) is 6.20. The van der Waals surface area contributed by atoms with Gasteiger partial charge in [0.1, 0.15) is 11.5 Å². The molecule has 0 aliphatic carbocycles. The number of amides is 1. The van der Waals surface area contributed by atoms with Crippen LogP contribution in [0.3, 0.4) is 0 Å². The molecule has 5 heteroatoms. The van der Waals surface area contributed by atoms with Crippen molar-refractivity contribution in [1.82, 2.24) is 9.88 Å². The molecule has 0 fully saturated rings. The fraction of sp³-hybridized carbons (Fsp3) is 0.379. The van der Waals surface area contributed by atoms with E-state index >= 15 is 0 Å². The molecule has 0 saturated heterocycles. The van der Waals surface area contributed by atoms with Crippen LogP contribution in [0.15, 0.2) is 73.1 Å². The zero-order valence-electron chi connectivity index (χ0n) is 20.5. The van der Waals surface area contributed by atoms with E-state index < -0.39 is 5.72 Å². The topological polar surface area (TPSA) is 62.7 Å². The van der Waals surface area contributed by atoms with Crippen molar-refractivity contribution in [3.8, 4) is 16.9 Å². The first-order valence-corrected chi connectivity index (χ1v) is 12.2. The quantitative estimate of drug-likeness (QED) is 0.249. The van der Waals surface area contributed by atoms with Crippen LogP contribution in [0.25, 0.3) is 11.1 Å². The van der Waals surface area contributed by atoms with Crippen LogP contribution in [0.5, 0.6) is 5.75 Å². The molecule has 1 amide bonds. The van der Waals surface area contributed by atoms with Crippen molar-refractivity contribution in [2.75, 3.05) is 6.61 Å². The molecule has 1 heterocycles. The Labute approximate surface area is 203 Å². The van der Waals surface area contributed by atoms with E-state index in [0.717, 1.165) is 35.3 Å². The van der Waals surface area contributed by atoms with Crippen LogP contribution in [0.4, 0.5) is 0 Å². The highest BCUT2D eigenvalue weighted by molar-refractivity contribution is 5.95. The van der Waals surface area contributed by atoms with Gasteiger partial charge in [-0.1, -0.05) is 63.4 Å². The van der Waals surface area contributed by atoms with Gasteiger partial charge < -0.3 is 14.7 Å². The molecule has 2 aromatic carbocycles. The molecule has 180 valence electrons. The number of hydrogen-bond donors (Lipinski definition) is 1. The Morgan fingerprint density at radius 2 is 1.62 bits per heavy atom. The number of ether oxygens (including phenoxy) is 1. The summed E-state index contributed by atoms with van der Waals surface area (Å²) in [6.45, 7) is 6.66. The molecule has 3 rings (SSSR count). The van der Waals surface area contributed by atoms with E-state index in [4.69, 9.17) is 4.74 Å². The number of unbranched alkanes of at least 4 members (excludes halogenated alkanes) is 3. The summed E-state index contributed by atoms with van der Waals surface area (Å²) in [5.41, 5.74) is 2.17. The SMILES string of the molecule is CCCCCCOc1ccccc1CN(C(=O)c1ccc(-c2ccncc2)cc1)C(C)(O)CC. The van der Waals surface area contributed by atoms with Gasteiger partial charge in [-0.3, -0.25) is 9.78 Å². The third-order valence-corrected chi connectivity index (χ3v) is 6.20. The number of aromatic nitrogens is 1. The first-order valence-electron chi connectivity index (χ1n) is 12.2. The number of hydrogen-bond acceptors (Lipinski definition) is 4. The molecule has 1 unspecified atom stereocenters. The van der Waals surface area contributed by atoms with Crippen molar-refractivity contribution >= 4 is 5.91 Å². The van der Waals surface area contributed by atoms with E-state index in [9.17, 15) is 9.90 Å². The number of para-hydroxylation sites is 1. The van der Waals surface area contributed by atoms with Crippen LogP contribution in [-0.2, 0) is 6.54 Å². The summed E-state index contributed by atoms with van der Waals surface area (Å²) in [6.07, 6.45) is 8.43. The molecule has 0 bridgehead atoms. The smallest absolute Gasteiger partial charge is 0.256 e. The standard InChI is InChI=1S/C29H36N2O3/c1-4-6-7-10-21-34-27-12-9-8-11-26(27)22-31(29(3,33)5-2)28(32)25-15-13-23(14-16-25)24-17-19-30-20-18-24/h8-9,11-20,33H,4-7,10,21-22H2,1-3H3. The Balaban J connectivity index is 1.80. The molecule has 0 radical (unpaired) electrons. The molecule has 0 saturated carbocycles. The predicted octanol–water partition coefficient (Wildman–Crippen LogP) is 6.47. The second-order valence-electron chi connectivity index (χ2n) is 8.79. The number of pyridine rings is 1. The van der Waals surface area contributed by atoms with Gasteiger partial charge in [-0.05, 0) is 61.2 Å². The molecule has 5 nitrogen and oxygen atoms in total. The van der Waals surface area contributed by atoms with Crippen molar-refractivity contribution < 1.29 is 14.6 Å². The third kappa shape index (κ3) is 6.67. The van der Waals surface area contributed by atoms with E-state index in [1.54, 1.807) is 19.3 Å². The van der Waals surface area contributed by atoms with Gasteiger partial charge >= 0.3 is 0 Å². The summed E-state index contributed by atoms with van der Waals surface area (Å²) in [7, 11) is 0. The lowest BCUT2D eigenvalue weighted by Gasteiger charge is -2.37. The Bertz CT molecular complexity index is 1030. The summed E-state index contributed by atoms with van der Waals surface area (Å²) >= 11 is 0. The van der Waals surface area contributed by atoms with Crippen LogP contribution in [-0.4, -0.2) is 33.2 Å². The highest BCUT2D eigenvalue weighted by atomic mass is 16.5. The maximum absolute atomic E-state index is 13.6. The predicted molar refractivity (Wildman–Crippen MR) is 137 cm³/mol. The van der Waals surface area contributed by atoms with Crippen molar-refractivity contribution in [3.05, 3.63) is 84.2 Å². The lowest BCUT2D eigenvalue weighted by atomic mass is 10.0. The van der Waals surface area contributed by atoms with E-state index in [1.165, 1.54) is 17.7 Å². The zero-order chi connectivity index (χ0) is 24.4. The highest BCUT2D eigenvalue weighted by Gasteiger charge is 2.32. The zero-order valence-corrected chi connectivity index (χ0v) is 20.5. The number of nitrogens with zero attached hydrogens (tertiary/aromatic N) is 2. The maximum atomic E-state index is 13.6. The number of aliphatic hydroxyl groups is 1. The highest BCUT2D eigenvalue weighted by Crippen LogP contribution is 2.28. The molecule has 34 heavy (non-hydrogen) atoms. The van der Waals surface area contributed by atoms with Crippen molar-refractivity contribution in [1.29, 1.82) is 0 Å². The average molecular weight is 461 g/mol. The van der Waals surface area contributed by atoms with Crippen LogP contribution < -0.4 is 4.74 Å². The van der Waals surface area contributed by atoms with Crippen LogP contribution in [0, 0.1) is 0 Å². The minimum absolute atomic E-state index is 0.217. The van der Waals surface area contributed by atoms with E-state index in [0.29, 0.717) is 18.6 Å². The Morgan fingerprint density at radius 3 is 2.29 bits per heavy atom. The van der Waals surface area contributed by atoms with Crippen LogP contribution in [0.1, 0.15) is 68.8 Å². The van der Waals surface area contributed by atoms with Gasteiger partial charge in [0.25, 0.3) is 5.91 Å². The molecule has 0 aliphatic heterocycles. The average Bonchev–Trinajstić information content (AvgIpc) is 2.88. The first-order chi connectivity index (χ1) is 16.5. The molecular weight excluding hydrogens is 424 g/mol. The fourth-order valence-electron chi connectivity index (χ4n) is 3.81. The second kappa shape index (κ2) is 12.3. The number of carbonyl (C=O) groups excluding carboxylic acids is 1. The van der Waals surface area contributed by atoms with Crippen molar-refractivity contribution in [3.63, 3.8) is 0 Å². The summed E-state index contributed by atoms with van der Waals surface area (Å²) in [6, 6.07) is 19.1. The van der Waals surface area contributed by atoms with E-state index in [1.807, 2.05) is 67.6 Å². The summed E-state index contributed by atoms with van der Waals surface area (Å²) in [4.78, 5) is 19.2. The summed E-state index contributed by atoms with van der Waals surface area (Å²) in [5.74, 6) is 0.544. The van der Waals surface area contributed by atoms with Gasteiger partial charge in [0, 0.05) is 23.5 Å². The Kier molecular flexibility index (Phi) is 9.23. The van der Waals surface area contributed by atoms with Gasteiger partial charge in [-0.2, -0.15) is 0 Å². The summed E-state index contributed by atoms with van der Waals surface area (Å²) < 4.78 is 6.06. The minimum atomic E-state index is -1.30. The van der Waals surface area contributed by atoms with E-state index in [-0.39, 0.29) is 12.5 Å². The lowest BCUT2D eigenvalue weighted by Crippen LogP contribution is -2.49. The molecule has 1 aromatic heterocycles. The molecule has 1 N–H and O–H groups in total. The van der Waals surface area contributed by atoms with Crippen molar-refractivity contribution in [2.24, 2.45) is 0 Å². The number of carbonyl (C=O) groups is 1. The van der Waals surface area contributed by atoms with Gasteiger partial charge in [-0.15, -0.1) is 0 Å². The van der Waals surface area contributed by atoms with Gasteiger partial charge in [0.15, 0.2) is 0 Å². The summed E-state index contributed by atoms with van der Waals surface area (Å²) in [5, 5.41) is 11.1. The van der Waals surface area contributed by atoms with Gasteiger partial charge in [0.2, 0.25) is 0 Å². The minimum Gasteiger partial charge on any atom is -0.493 e. The van der Waals surface area contributed by atoms with E-state index in [2.05, 4.69) is 11.9 Å². The Hall–Kier alpha value is -3.18. The normalized spacial score (nSPS) is 12.7. The molecular formula is C29H36N2O3. The van der Waals surface area contributed by atoms with Gasteiger partial charge in [0.05, 0.1) is 13.2 Å². The maximum Gasteiger partial charge on any atom is 0.256 e. The molecule has 0 spiro atoms. The molecule has 1 atom stereocenters. The van der Waals surface area contributed by atoms with Crippen molar-refractivity contribution in [2.45, 2.75) is 65.1 Å². The first kappa shape index (κ1) is 25.4. The number of benzene rings is 2.